The molecule has 0 aliphatic rings. The van der Waals surface area contributed by atoms with Crippen LogP contribution < -0.4 is 10.5 Å². The quantitative estimate of drug-likeness (QED) is 0.784. The zero-order valence-corrected chi connectivity index (χ0v) is 11.0. The van der Waals surface area contributed by atoms with Crippen LogP contribution in [0.4, 0.5) is 0 Å². The minimum atomic E-state index is -3.64. The van der Waals surface area contributed by atoms with Crippen molar-refractivity contribution < 1.29 is 8.42 Å². The molecule has 1 aromatic rings. The van der Waals surface area contributed by atoms with E-state index in [1.54, 1.807) is 6.07 Å². The van der Waals surface area contributed by atoms with Crippen LogP contribution in [0.25, 0.3) is 0 Å². The van der Waals surface area contributed by atoms with E-state index in [1.165, 1.54) is 12.3 Å². The van der Waals surface area contributed by atoms with Crippen molar-refractivity contribution in [3.63, 3.8) is 0 Å². The molecule has 96 valence electrons. The van der Waals surface area contributed by atoms with Gasteiger partial charge in [0.15, 0.2) is 0 Å². The van der Waals surface area contributed by atoms with Crippen LogP contribution in [0.2, 0.25) is 0 Å². The van der Waals surface area contributed by atoms with Crippen LogP contribution in [-0.2, 0) is 16.4 Å². The van der Waals surface area contributed by atoms with Crippen LogP contribution in [0.1, 0.15) is 26.0 Å². The van der Waals surface area contributed by atoms with Crippen LogP contribution in [-0.4, -0.2) is 26.0 Å². The van der Waals surface area contributed by atoms with E-state index < -0.39 is 10.0 Å². The van der Waals surface area contributed by atoms with Crippen molar-refractivity contribution in [2.45, 2.75) is 37.6 Å². The fourth-order valence-electron chi connectivity index (χ4n) is 1.48. The summed E-state index contributed by atoms with van der Waals surface area (Å²) in [6.45, 7) is 5.15. The summed E-state index contributed by atoms with van der Waals surface area (Å²) >= 11 is 0. The van der Waals surface area contributed by atoms with Gasteiger partial charge >= 0.3 is 0 Å². The molecule has 0 saturated carbocycles. The predicted molar refractivity (Wildman–Crippen MR) is 67.1 cm³/mol. The van der Waals surface area contributed by atoms with Crippen molar-refractivity contribution in [1.82, 2.24) is 10.3 Å². The molecule has 1 rings (SSSR count). The molecule has 0 aromatic carbocycles. The first-order chi connectivity index (χ1) is 7.93. The van der Waals surface area contributed by atoms with E-state index in [-0.39, 0.29) is 4.90 Å². The van der Waals surface area contributed by atoms with Gasteiger partial charge in [-0.15, -0.1) is 0 Å². The molecule has 0 radical (unpaired) electrons. The zero-order chi connectivity index (χ0) is 12.9. The van der Waals surface area contributed by atoms with Crippen molar-refractivity contribution in [2.24, 2.45) is 5.14 Å². The molecule has 17 heavy (non-hydrogen) atoms. The molecule has 1 aromatic heterocycles. The second kappa shape index (κ2) is 6.09. The van der Waals surface area contributed by atoms with Gasteiger partial charge in [0.25, 0.3) is 0 Å². The van der Waals surface area contributed by atoms with E-state index >= 15 is 0 Å². The van der Waals surface area contributed by atoms with Crippen LogP contribution >= 0.6 is 0 Å². The highest BCUT2D eigenvalue weighted by atomic mass is 32.2. The number of hydrogen-bond acceptors (Lipinski definition) is 4. The normalized spacial score (nSPS) is 13.6. The Balaban J connectivity index is 2.63. The second-order valence-corrected chi connectivity index (χ2v) is 5.65. The van der Waals surface area contributed by atoms with Crippen molar-refractivity contribution in [1.29, 1.82) is 0 Å². The molecule has 1 unspecified atom stereocenters. The summed E-state index contributed by atoms with van der Waals surface area (Å²) in [7, 11) is -3.64. The van der Waals surface area contributed by atoms with Gasteiger partial charge in [0, 0.05) is 24.4 Å². The van der Waals surface area contributed by atoms with Gasteiger partial charge in [0.1, 0.15) is 4.90 Å². The average molecular weight is 257 g/mol. The highest BCUT2D eigenvalue weighted by Gasteiger charge is 2.09. The summed E-state index contributed by atoms with van der Waals surface area (Å²) in [6, 6.07) is 3.51. The number of nitrogens with two attached hydrogens (primary N) is 1. The SMILES string of the molecule is CCCNC(C)Cc1ccc(S(N)(=O)=O)cn1. The molecule has 6 heteroatoms. The monoisotopic (exact) mass is 257 g/mol. The molecule has 0 aliphatic heterocycles. The lowest BCUT2D eigenvalue weighted by Crippen LogP contribution is -2.29. The van der Waals surface area contributed by atoms with Gasteiger partial charge in [-0.05, 0) is 32.0 Å². The fourth-order valence-corrected chi connectivity index (χ4v) is 1.93. The predicted octanol–water partition coefficient (Wildman–Crippen LogP) is 0.660. The van der Waals surface area contributed by atoms with Crippen molar-refractivity contribution in [3.05, 3.63) is 24.0 Å². The maximum atomic E-state index is 11.0. The van der Waals surface area contributed by atoms with Crippen LogP contribution in [0.5, 0.6) is 0 Å². The Kier molecular flexibility index (Phi) is 5.04. The number of pyridine rings is 1. The van der Waals surface area contributed by atoms with Crippen molar-refractivity contribution >= 4 is 10.0 Å². The summed E-state index contributed by atoms with van der Waals surface area (Å²) in [5, 5.41) is 8.34. The summed E-state index contributed by atoms with van der Waals surface area (Å²) in [6.07, 6.45) is 3.16. The third kappa shape index (κ3) is 4.80. The van der Waals surface area contributed by atoms with Gasteiger partial charge in [-0.2, -0.15) is 0 Å². The maximum absolute atomic E-state index is 11.0. The maximum Gasteiger partial charge on any atom is 0.239 e. The topological polar surface area (TPSA) is 85.1 Å². The Morgan fingerprint density at radius 3 is 2.65 bits per heavy atom. The van der Waals surface area contributed by atoms with E-state index in [4.69, 9.17) is 5.14 Å². The van der Waals surface area contributed by atoms with Gasteiger partial charge in [0.05, 0.1) is 0 Å². The lowest BCUT2D eigenvalue weighted by atomic mass is 10.1. The van der Waals surface area contributed by atoms with Crippen molar-refractivity contribution in [2.75, 3.05) is 6.54 Å². The number of hydrogen-bond donors (Lipinski definition) is 2. The largest absolute Gasteiger partial charge is 0.314 e. The average Bonchev–Trinajstić information content (AvgIpc) is 2.26. The summed E-state index contributed by atoms with van der Waals surface area (Å²) in [4.78, 5) is 4.15. The summed E-state index contributed by atoms with van der Waals surface area (Å²) in [5.41, 5.74) is 0.855. The lowest BCUT2D eigenvalue weighted by Gasteiger charge is -2.12. The Morgan fingerprint density at radius 2 is 2.18 bits per heavy atom. The minimum Gasteiger partial charge on any atom is -0.314 e. The number of primary sulfonamides is 1. The molecule has 3 N–H and O–H groups in total. The molecular formula is C11H19N3O2S. The van der Waals surface area contributed by atoms with E-state index in [0.29, 0.717) is 6.04 Å². The number of nitrogens with zero attached hydrogens (tertiary/aromatic N) is 1. The van der Waals surface area contributed by atoms with Gasteiger partial charge < -0.3 is 5.32 Å². The Morgan fingerprint density at radius 1 is 1.47 bits per heavy atom. The van der Waals surface area contributed by atoms with E-state index in [0.717, 1.165) is 25.1 Å². The molecule has 0 saturated heterocycles. The zero-order valence-electron chi connectivity index (χ0n) is 10.2. The van der Waals surface area contributed by atoms with E-state index in [1.807, 2.05) is 0 Å². The fraction of sp³-hybridized carbons (Fsp3) is 0.545. The first kappa shape index (κ1) is 14.1. The minimum absolute atomic E-state index is 0.0513. The smallest absolute Gasteiger partial charge is 0.239 e. The van der Waals surface area contributed by atoms with E-state index in [2.05, 4.69) is 24.1 Å². The molecule has 0 aliphatic carbocycles. The molecule has 5 nitrogen and oxygen atoms in total. The molecule has 1 heterocycles. The second-order valence-electron chi connectivity index (χ2n) is 4.09. The third-order valence-corrected chi connectivity index (χ3v) is 3.28. The number of aromatic nitrogens is 1. The molecule has 0 fully saturated rings. The summed E-state index contributed by atoms with van der Waals surface area (Å²) < 4.78 is 22.1. The molecular weight excluding hydrogens is 238 g/mol. The van der Waals surface area contributed by atoms with Gasteiger partial charge in [0.2, 0.25) is 10.0 Å². The Labute approximate surface area is 102 Å². The standard InChI is InChI=1S/C11H19N3O2S/c1-3-6-13-9(2)7-10-4-5-11(8-14-10)17(12,15)16/h4-5,8-9,13H,3,6-7H2,1-2H3,(H2,12,15,16). The van der Waals surface area contributed by atoms with Crippen LogP contribution in [0, 0.1) is 0 Å². The van der Waals surface area contributed by atoms with Gasteiger partial charge in [-0.25, -0.2) is 13.6 Å². The lowest BCUT2D eigenvalue weighted by molar-refractivity contribution is 0.538. The first-order valence-corrected chi connectivity index (χ1v) is 7.19. The highest BCUT2D eigenvalue weighted by Crippen LogP contribution is 2.07. The number of nitrogens with one attached hydrogen (secondary N) is 1. The number of rotatable bonds is 6. The Hall–Kier alpha value is -0.980. The molecule has 0 bridgehead atoms. The number of sulfonamides is 1. The highest BCUT2D eigenvalue weighted by molar-refractivity contribution is 7.89. The van der Waals surface area contributed by atoms with Gasteiger partial charge in [-0.3, -0.25) is 4.98 Å². The van der Waals surface area contributed by atoms with Crippen LogP contribution in [0.15, 0.2) is 23.2 Å². The van der Waals surface area contributed by atoms with Gasteiger partial charge in [-0.1, -0.05) is 6.92 Å². The third-order valence-electron chi connectivity index (χ3n) is 2.38. The summed E-state index contributed by atoms with van der Waals surface area (Å²) in [5.74, 6) is 0. The first-order valence-electron chi connectivity index (χ1n) is 5.64. The molecule has 1 atom stereocenters. The molecule has 0 amide bonds. The van der Waals surface area contributed by atoms with Crippen molar-refractivity contribution in [3.8, 4) is 0 Å². The van der Waals surface area contributed by atoms with Crippen LogP contribution in [0.3, 0.4) is 0 Å². The Bertz CT molecular complexity index is 442. The molecule has 0 spiro atoms. The van der Waals surface area contributed by atoms with E-state index in [9.17, 15) is 8.42 Å².